The zero-order chi connectivity index (χ0) is 19.6. The molecule has 1 atom stereocenters. The first-order chi connectivity index (χ1) is 12.9. The van der Waals surface area contributed by atoms with Crippen molar-refractivity contribution >= 4 is 26.8 Å². The Hall–Kier alpha value is -2.38. The average molecular weight is 423 g/mol. The highest BCUT2D eigenvalue weighted by atomic mass is 79.9. The lowest BCUT2D eigenvalue weighted by Crippen LogP contribution is -2.23. The summed E-state index contributed by atoms with van der Waals surface area (Å²) in [6, 6.07) is 16.9. The predicted octanol–water partition coefficient (Wildman–Crippen LogP) is 5.90. The molecule has 0 aliphatic carbocycles. The molecule has 1 unspecified atom stereocenters. The number of rotatable bonds is 5. The van der Waals surface area contributed by atoms with Crippen molar-refractivity contribution in [1.82, 2.24) is 4.98 Å². The fourth-order valence-corrected chi connectivity index (χ4v) is 3.80. The van der Waals surface area contributed by atoms with Gasteiger partial charge in [-0.3, -0.25) is 0 Å². The molecule has 0 aliphatic heterocycles. The zero-order valence-corrected chi connectivity index (χ0v) is 17.7. The maximum atomic E-state index is 10.0. The summed E-state index contributed by atoms with van der Waals surface area (Å²) < 4.78 is 6.51. The van der Waals surface area contributed by atoms with Crippen molar-refractivity contribution in [1.29, 1.82) is 5.26 Å². The molecular weight excluding hydrogens is 400 g/mol. The van der Waals surface area contributed by atoms with Crippen LogP contribution in [0, 0.1) is 18.3 Å². The number of nitrogens with zero attached hydrogens (tertiary/aromatic N) is 2. The molecular formula is C23H23BrN2O. The van der Waals surface area contributed by atoms with E-state index in [9.17, 15) is 5.26 Å². The molecule has 3 aromatic rings. The minimum Gasteiger partial charge on any atom is -0.481 e. The van der Waals surface area contributed by atoms with Crippen LogP contribution in [0.15, 0.2) is 46.9 Å². The minimum atomic E-state index is -0.641. The van der Waals surface area contributed by atoms with Crippen LogP contribution >= 0.6 is 15.9 Å². The molecule has 1 heterocycles. The van der Waals surface area contributed by atoms with Crippen LogP contribution in [0.3, 0.4) is 0 Å². The Bertz CT molecular complexity index is 1040. The Morgan fingerprint density at radius 1 is 1.19 bits per heavy atom. The Morgan fingerprint density at radius 3 is 2.63 bits per heavy atom. The first-order valence-electron chi connectivity index (χ1n) is 9.05. The highest BCUT2D eigenvalue weighted by Crippen LogP contribution is 2.33. The van der Waals surface area contributed by atoms with Crippen molar-refractivity contribution in [3.8, 4) is 11.9 Å². The first kappa shape index (κ1) is 19.4. The van der Waals surface area contributed by atoms with E-state index < -0.39 is 5.41 Å². The van der Waals surface area contributed by atoms with Gasteiger partial charge in [-0.1, -0.05) is 47.1 Å². The lowest BCUT2D eigenvalue weighted by Gasteiger charge is -2.24. The number of aromatic nitrogens is 1. The number of aryl methyl sites for hydroxylation is 1. The van der Waals surface area contributed by atoms with Crippen molar-refractivity contribution in [2.24, 2.45) is 0 Å². The monoisotopic (exact) mass is 422 g/mol. The van der Waals surface area contributed by atoms with Crippen molar-refractivity contribution in [2.75, 3.05) is 7.11 Å². The van der Waals surface area contributed by atoms with Gasteiger partial charge in [-0.05, 0) is 61.6 Å². The Balaban J connectivity index is 2.07. The summed E-state index contributed by atoms with van der Waals surface area (Å²) >= 11 is 3.59. The van der Waals surface area contributed by atoms with Crippen LogP contribution in [0.1, 0.15) is 36.1 Å². The maximum Gasteiger partial charge on any atom is 0.216 e. The SMILES string of the molecule is CCc1cc2ccc(C(C)(C#N)Cc3cccc(Br)c3C)cc2nc1OC. The van der Waals surface area contributed by atoms with E-state index in [-0.39, 0.29) is 0 Å². The highest BCUT2D eigenvalue weighted by molar-refractivity contribution is 9.10. The third-order valence-corrected chi connectivity index (χ3v) is 6.10. The Labute approximate surface area is 169 Å². The number of nitriles is 1. The van der Waals surface area contributed by atoms with Crippen molar-refractivity contribution in [3.05, 3.63) is 69.2 Å². The van der Waals surface area contributed by atoms with Crippen LogP contribution in [0.2, 0.25) is 0 Å². The van der Waals surface area contributed by atoms with Crippen LogP contribution in [-0.4, -0.2) is 12.1 Å². The molecule has 0 saturated heterocycles. The smallest absolute Gasteiger partial charge is 0.216 e. The van der Waals surface area contributed by atoms with Gasteiger partial charge in [0.05, 0.1) is 24.1 Å². The fraction of sp³-hybridized carbons (Fsp3) is 0.304. The van der Waals surface area contributed by atoms with Gasteiger partial charge in [0.2, 0.25) is 5.88 Å². The number of benzene rings is 2. The number of hydrogen-bond acceptors (Lipinski definition) is 3. The largest absolute Gasteiger partial charge is 0.481 e. The molecule has 0 spiro atoms. The maximum absolute atomic E-state index is 10.0. The number of methoxy groups -OCH3 is 1. The molecule has 2 aromatic carbocycles. The summed E-state index contributed by atoms with van der Waals surface area (Å²) in [5.41, 5.74) is 4.61. The van der Waals surface area contributed by atoms with E-state index in [2.05, 4.69) is 59.0 Å². The van der Waals surface area contributed by atoms with E-state index in [1.807, 2.05) is 31.2 Å². The van der Waals surface area contributed by atoms with E-state index >= 15 is 0 Å². The Kier molecular flexibility index (Phi) is 5.53. The minimum absolute atomic E-state index is 0.641. The van der Waals surface area contributed by atoms with E-state index in [0.717, 1.165) is 32.9 Å². The normalized spacial score (nSPS) is 13.2. The second-order valence-electron chi connectivity index (χ2n) is 7.06. The molecule has 1 aromatic heterocycles. The van der Waals surface area contributed by atoms with Gasteiger partial charge >= 0.3 is 0 Å². The van der Waals surface area contributed by atoms with E-state index in [0.29, 0.717) is 12.3 Å². The zero-order valence-electron chi connectivity index (χ0n) is 16.1. The quantitative estimate of drug-likeness (QED) is 0.513. The number of hydrogen-bond donors (Lipinski definition) is 0. The molecule has 0 N–H and O–H groups in total. The Morgan fingerprint density at radius 2 is 1.96 bits per heavy atom. The molecule has 138 valence electrons. The van der Waals surface area contributed by atoms with E-state index in [4.69, 9.17) is 4.74 Å². The molecule has 0 fully saturated rings. The molecule has 27 heavy (non-hydrogen) atoms. The van der Waals surface area contributed by atoms with Gasteiger partial charge in [0.25, 0.3) is 0 Å². The fourth-order valence-electron chi connectivity index (χ4n) is 3.40. The summed E-state index contributed by atoms with van der Waals surface area (Å²) in [5.74, 6) is 0.656. The van der Waals surface area contributed by atoms with Gasteiger partial charge in [0.15, 0.2) is 0 Å². The summed E-state index contributed by atoms with van der Waals surface area (Å²) in [6.07, 6.45) is 1.51. The molecule has 0 radical (unpaired) electrons. The van der Waals surface area contributed by atoms with Gasteiger partial charge in [-0.2, -0.15) is 5.26 Å². The summed E-state index contributed by atoms with van der Waals surface area (Å²) in [5, 5.41) is 11.1. The second-order valence-corrected chi connectivity index (χ2v) is 7.92. The highest BCUT2D eigenvalue weighted by Gasteiger charge is 2.28. The van der Waals surface area contributed by atoms with Gasteiger partial charge in [0, 0.05) is 15.4 Å². The van der Waals surface area contributed by atoms with Crippen LogP contribution in [0.5, 0.6) is 5.88 Å². The number of fused-ring (bicyclic) bond motifs is 1. The molecule has 3 rings (SSSR count). The summed E-state index contributed by atoms with van der Waals surface area (Å²) in [7, 11) is 1.65. The van der Waals surface area contributed by atoms with E-state index in [1.165, 1.54) is 11.1 Å². The van der Waals surface area contributed by atoms with Gasteiger partial charge in [0.1, 0.15) is 0 Å². The van der Waals surface area contributed by atoms with Crippen LogP contribution < -0.4 is 4.74 Å². The van der Waals surface area contributed by atoms with Gasteiger partial charge < -0.3 is 4.74 Å². The number of pyridine rings is 1. The molecule has 4 heteroatoms. The second kappa shape index (κ2) is 7.70. The van der Waals surface area contributed by atoms with Crippen LogP contribution in [0.25, 0.3) is 10.9 Å². The van der Waals surface area contributed by atoms with Crippen LogP contribution in [-0.2, 0) is 18.3 Å². The molecule has 3 nitrogen and oxygen atoms in total. The third kappa shape index (κ3) is 3.70. The molecule has 0 amide bonds. The molecule has 0 saturated carbocycles. The standard InChI is InChI=1S/C23H23BrN2O/c1-5-16-11-17-9-10-19(12-21(17)26-22(16)27-4)23(3,14-25)13-18-7-6-8-20(24)15(18)2/h6-12H,5,13H2,1-4H3. The van der Waals surface area contributed by atoms with Gasteiger partial charge in [-0.15, -0.1) is 0 Å². The van der Waals surface area contributed by atoms with Crippen molar-refractivity contribution < 1.29 is 4.74 Å². The average Bonchev–Trinajstić information content (AvgIpc) is 2.69. The lowest BCUT2D eigenvalue weighted by molar-refractivity contribution is 0.395. The number of halogens is 1. The van der Waals surface area contributed by atoms with Crippen LogP contribution in [0.4, 0.5) is 0 Å². The first-order valence-corrected chi connectivity index (χ1v) is 9.84. The molecule has 0 bridgehead atoms. The molecule has 0 aliphatic rings. The summed E-state index contributed by atoms with van der Waals surface area (Å²) in [4.78, 5) is 4.67. The topological polar surface area (TPSA) is 45.9 Å². The third-order valence-electron chi connectivity index (χ3n) is 5.24. The van der Waals surface area contributed by atoms with Crippen molar-refractivity contribution in [3.63, 3.8) is 0 Å². The van der Waals surface area contributed by atoms with E-state index in [1.54, 1.807) is 7.11 Å². The number of ether oxygens (including phenoxy) is 1. The van der Waals surface area contributed by atoms with Crippen molar-refractivity contribution in [2.45, 2.75) is 39.0 Å². The summed E-state index contributed by atoms with van der Waals surface area (Å²) in [6.45, 7) is 6.16. The predicted molar refractivity (Wildman–Crippen MR) is 113 cm³/mol. The van der Waals surface area contributed by atoms with Gasteiger partial charge in [-0.25, -0.2) is 4.98 Å². The lowest BCUT2D eigenvalue weighted by atomic mass is 9.77.